The largest absolute Gasteiger partial charge is 0.395 e. The number of aliphatic hydroxyl groups excluding tert-OH is 1. The van der Waals surface area contributed by atoms with Crippen molar-refractivity contribution in [1.82, 2.24) is 4.90 Å². The molecule has 0 saturated carbocycles. The van der Waals surface area contributed by atoms with E-state index in [1.807, 2.05) is 0 Å². The highest BCUT2D eigenvalue weighted by Crippen LogP contribution is 2.14. The summed E-state index contributed by atoms with van der Waals surface area (Å²) in [5, 5.41) is 8.12. The van der Waals surface area contributed by atoms with Gasteiger partial charge in [-0.3, -0.25) is 9.45 Å². The van der Waals surface area contributed by atoms with E-state index in [0.717, 1.165) is 12.8 Å². The molecule has 0 fully saturated rings. The fraction of sp³-hybridized carbons (Fsp3) is 1.00. The summed E-state index contributed by atoms with van der Waals surface area (Å²) >= 11 is 0. The van der Waals surface area contributed by atoms with Gasteiger partial charge in [0, 0.05) is 6.54 Å². The summed E-state index contributed by atoms with van der Waals surface area (Å²) in [7, 11) is -4.08. The topological polar surface area (TPSA) is 77.8 Å². The van der Waals surface area contributed by atoms with Crippen molar-refractivity contribution in [2.24, 2.45) is 0 Å². The highest BCUT2D eigenvalue weighted by Gasteiger charge is 2.24. The van der Waals surface area contributed by atoms with Crippen LogP contribution in [0.4, 0.5) is 0 Å². The Morgan fingerprint density at radius 2 is 1.04 bits per heavy atom. The summed E-state index contributed by atoms with van der Waals surface area (Å²) in [5.41, 5.74) is 0. The third-order valence-electron chi connectivity index (χ3n) is 5.63. The van der Waals surface area contributed by atoms with E-state index in [-0.39, 0.29) is 13.2 Å². The van der Waals surface area contributed by atoms with Gasteiger partial charge in [-0.15, -0.1) is 0 Å². The van der Waals surface area contributed by atoms with Crippen molar-refractivity contribution in [3.63, 3.8) is 0 Å². The van der Waals surface area contributed by atoms with Gasteiger partial charge in [-0.2, -0.15) is 8.42 Å². The maximum atomic E-state index is 11.3. The van der Waals surface area contributed by atoms with Gasteiger partial charge in [-0.05, 0) is 19.9 Å². The molecule has 0 aromatic heterocycles. The molecule has 0 aliphatic carbocycles. The van der Waals surface area contributed by atoms with Crippen molar-refractivity contribution in [1.29, 1.82) is 0 Å². The Labute approximate surface area is 175 Å². The minimum atomic E-state index is -4.08. The molecule has 0 amide bonds. The van der Waals surface area contributed by atoms with Crippen LogP contribution >= 0.6 is 0 Å². The summed E-state index contributed by atoms with van der Waals surface area (Å²) in [5.74, 6) is 0. The highest BCUT2D eigenvalue weighted by molar-refractivity contribution is 7.86. The maximum absolute atomic E-state index is 11.3. The summed E-state index contributed by atoms with van der Waals surface area (Å²) in [4.78, 5) is 1.64. The third kappa shape index (κ3) is 16.8. The molecule has 1 unspecified atom stereocenters. The Hall–Kier alpha value is -0.170. The molecule has 0 bridgehead atoms. The Morgan fingerprint density at radius 3 is 1.36 bits per heavy atom. The lowest BCUT2D eigenvalue weighted by Gasteiger charge is -2.25. The van der Waals surface area contributed by atoms with Crippen LogP contribution in [0.3, 0.4) is 0 Å². The molecule has 0 aliphatic heterocycles. The quantitative estimate of drug-likeness (QED) is 0.181. The van der Waals surface area contributed by atoms with Crippen molar-refractivity contribution in [3.8, 4) is 0 Å². The fourth-order valence-electron chi connectivity index (χ4n) is 3.66. The molecular formula is C22H47NO4S. The standard InChI is InChI=1S/C22H47NO4S/c1-3-4-5-6-7-8-9-10-11-12-13-14-15-16-17-18-19-23(20-21-24)22(2)28(25,26)27/h22,24H,3-21H2,1-2H3,(H,25,26,27). The van der Waals surface area contributed by atoms with Crippen molar-refractivity contribution in [3.05, 3.63) is 0 Å². The van der Waals surface area contributed by atoms with Gasteiger partial charge in [0.15, 0.2) is 0 Å². The number of hydrogen-bond donors (Lipinski definition) is 2. The lowest BCUT2D eigenvalue weighted by Crippen LogP contribution is -2.41. The van der Waals surface area contributed by atoms with Gasteiger partial charge in [0.25, 0.3) is 10.1 Å². The van der Waals surface area contributed by atoms with Crippen LogP contribution in [0, 0.1) is 0 Å². The van der Waals surface area contributed by atoms with Gasteiger partial charge in [-0.1, -0.05) is 103 Å². The van der Waals surface area contributed by atoms with Crippen LogP contribution < -0.4 is 0 Å². The van der Waals surface area contributed by atoms with Crippen LogP contribution in [-0.4, -0.2) is 48.0 Å². The van der Waals surface area contributed by atoms with Crippen molar-refractivity contribution in [2.45, 2.75) is 122 Å². The van der Waals surface area contributed by atoms with Gasteiger partial charge >= 0.3 is 0 Å². The highest BCUT2D eigenvalue weighted by atomic mass is 32.2. The average molecular weight is 422 g/mol. The molecule has 170 valence electrons. The molecule has 0 rings (SSSR count). The Morgan fingerprint density at radius 1 is 0.679 bits per heavy atom. The normalized spacial score (nSPS) is 13.3. The molecule has 5 nitrogen and oxygen atoms in total. The van der Waals surface area contributed by atoms with Crippen molar-refractivity contribution >= 4 is 10.1 Å². The summed E-state index contributed by atoms with van der Waals surface area (Å²) < 4.78 is 31.7. The van der Waals surface area contributed by atoms with E-state index < -0.39 is 15.5 Å². The Balaban J connectivity index is 3.45. The van der Waals surface area contributed by atoms with E-state index in [0.29, 0.717) is 6.54 Å². The first kappa shape index (κ1) is 27.8. The van der Waals surface area contributed by atoms with E-state index in [1.165, 1.54) is 96.8 Å². The maximum Gasteiger partial charge on any atom is 0.280 e. The summed E-state index contributed by atoms with van der Waals surface area (Å²) in [6.45, 7) is 4.51. The SMILES string of the molecule is CCCCCCCCCCCCCCCCCCN(CCO)C(C)S(=O)(=O)O. The van der Waals surface area contributed by atoms with Gasteiger partial charge in [0.05, 0.1) is 6.61 Å². The van der Waals surface area contributed by atoms with E-state index >= 15 is 0 Å². The zero-order valence-electron chi connectivity index (χ0n) is 18.6. The molecule has 2 N–H and O–H groups in total. The molecule has 0 aromatic rings. The predicted octanol–water partition coefficient (Wildman–Crippen LogP) is 5.78. The molecule has 0 radical (unpaired) electrons. The second-order valence-electron chi connectivity index (χ2n) is 8.18. The fourth-order valence-corrected chi connectivity index (χ4v) is 4.24. The number of nitrogens with zero attached hydrogens (tertiary/aromatic N) is 1. The minimum Gasteiger partial charge on any atom is -0.395 e. The van der Waals surface area contributed by atoms with Crippen molar-refractivity contribution < 1.29 is 18.1 Å². The minimum absolute atomic E-state index is 0.0985. The number of rotatable bonds is 21. The van der Waals surface area contributed by atoms with E-state index in [4.69, 9.17) is 9.66 Å². The molecule has 0 spiro atoms. The molecule has 28 heavy (non-hydrogen) atoms. The van der Waals surface area contributed by atoms with Gasteiger partial charge in [-0.25, -0.2) is 0 Å². The van der Waals surface area contributed by atoms with Crippen LogP contribution in [0.15, 0.2) is 0 Å². The van der Waals surface area contributed by atoms with Crippen LogP contribution in [0.1, 0.15) is 117 Å². The lowest BCUT2D eigenvalue weighted by atomic mass is 10.0. The zero-order valence-corrected chi connectivity index (χ0v) is 19.4. The number of aliphatic hydroxyl groups is 1. The number of unbranched alkanes of at least 4 members (excludes halogenated alkanes) is 15. The van der Waals surface area contributed by atoms with Gasteiger partial charge in [0.1, 0.15) is 5.37 Å². The Kier molecular flexibility index (Phi) is 18.7. The summed E-state index contributed by atoms with van der Waals surface area (Å²) in [6.07, 6.45) is 20.9. The zero-order chi connectivity index (χ0) is 21.1. The molecule has 0 aliphatic rings. The lowest BCUT2D eigenvalue weighted by molar-refractivity contribution is 0.180. The molecular weight excluding hydrogens is 374 g/mol. The first-order valence-electron chi connectivity index (χ1n) is 11.7. The number of hydrogen-bond acceptors (Lipinski definition) is 4. The predicted molar refractivity (Wildman–Crippen MR) is 119 cm³/mol. The van der Waals surface area contributed by atoms with Crippen LogP contribution in [0.2, 0.25) is 0 Å². The summed E-state index contributed by atoms with van der Waals surface area (Å²) in [6, 6.07) is 0. The van der Waals surface area contributed by atoms with Gasteiger partial charge < -0.3 is 5.11 Å². The molecule has 6 heteroatoms. The van der Waals surface area contributed by atoms with Crippen LogP contribution in [-0.2, 0) is 10.1 Å². The molecule has 0 aromatic carbocycles. The first-order valence-corrected chi connectivity index (χ1v) is 13.2. The van der Waals surface area contributed by atoms with Gasteiger partial charge in [0.2, 0.25) is 0 Å². The van der Waals surface area contributed by atoms with E-state index in [1.54, 1.807) is 4.90 Å². The monoisotopic (exact) mass is 421 g/mol. The smallest absolute Gasteiger partial charge is 0.280 e. The Bertz CT molecular complexity index is 428. The molecule has 1 atom stereocenters. The second-order valence-corrected chi connectivity index (χ2v) is 9.89. The second kappa shape index (κ2) is 18.8. The molecule has 0 heterocycles. The third-order valence-corrected chi connectivity index (χ3v) is 6.79. The van der Waals surface area contributed by atoms with E-state index in [2.05, 4.69) is 6.92 Å². The molecule has 0 saturated heterocycles. The average Bonchev–Trinajstić information content (AvgIpc) is 2.65. The van der Waals surface area contributed by atoms with E-state index in [9.17, 15) is 8.42 Å². The van der Waals surface area contributed by atoms with Crippen molar-refractivity contribution in [2.75, 3.05) is 19.7 Å². The van der Waals surface area contributed by atoms with Crippen LogP contribution in [0.25, 0.3) is 0 Å². The van der Waals surface area contributed by atoms with Crippen LogP contribution in [0.5, 0.6) is 0 Å². The first-order chi connectivity index (χ1) is 13.4.